The number of hydrogen-bond acceptors (Lipinski definition) is 7. The van der Waals surface area contributed by atoms with Crippen molar-refractivity contribution in [1.29, 1.82) is 0 Å². The largest absolute Gasteiger partial charge is 0.494 e. The van der Waals surface area contributed by atoms with E-state index < -0.39 is 11.9 Å². The third kappa shape index (κ3) is 5.05. The summed E-state index contributed by atoms with van der Waals surface area (Å²) in [6.45, 7) is 3.45. The highest BCUT2D eigenvalue weighted by molar-refractivity contribution is 6.09. The summed E-state index contributed by atoms with van der Waals surface area (Å²) >= 11 is 0. The predicted molar refractivity (Wildman–Crippen MR) is 131 cm³/mol. The summed E-state index contributed by atoms with van der Waals surface area (Å²) in [5.74, 6) is 0.182. The first-order chi connectivity index (χ1) is 16.5. The van der Waals surface area contributed by atoms with E-state index in [9.17, 15) is 14.3 Å². The van der Waals surface area contributed by atoms with Gasteiger partial charge in [-0.05, 0) is 44.7 Å². The molecule has 1 amide bonds. The highest BCUT2D eigenvalue weighted by atomic mass is 35.5. The van der Waals surface area contributed by atoms with Crippen molar-refractivity contribution in [3.63, 3.8) is 0 Å². The number of piperidine rings is 1. The molecule has 1 saturated heterocycles. The van der Waals surface area contributed by atoms with E-state index >= 15 is 0 Å². The molecular weight excluding hydrogens is 477 g/mol. The minimum atomic E-state index is -0.665. The summed E-state index contributed by atoms with van der Waals surface area (Å²) in [6, 6.07) is 2.52. The molecule has 2 atom stereocenters. The van der Waals surface area contributed by atoms with Crippen molar-refractivity contribution in [2.75, 3.05) is 26.8 Å². The Morgan fingerprint density at radius 3 is 2.77 bits per heavy atom. The Balaban J connectivity index is 0.00000289. The van der Waals surface area contributed by atoms with Crippen LogP contribution >= 0.6 is 12.4 Å². The first kappa shape index (κ1) is 25.2. The van der Waals surface area contributed by atoms with Crippen LogP contribution in [-0.2, 0) is 0 Å². The molecule has 5 rings (SSSR count). The van der Waals surface area contributed by atoms with Gasteiger partial charge in [-0.2, -0.15) is 0 Å². The number of amides is 1. The smallest absolute Gasteiger partial charge is 0.255 e. The average molecular weight is 506 g/mol. The number of ether oxygens (including phenoxy) is 2. The van der Waals surface area contributed by atoms with E-state index in [1.54, 1.807) is 6.92 Å². The number of methoxy groups -OCH3 is 1. The summed E-state index contributed by atoms with van der Waals surface area (Å²) in [7, 11) is 1.41. The van der Waals surface area contributed by atoms with Gasteiger partial charge in [0, 0.05) is 23.9 Å². The number of halogens is 2. The summed E-state index contributed by atoms with van der Waals surface area (Å²) in [5, 5.41) is 16.2. The van der Waals surface area contributed by atoms with Crippen molar-refractivity contribution in [2.45, 2.75) is 38.3 Å². The maximum absolute atomic E-state index is 14.7. The van der Waals surface area contributed by atoms with Gasteiger partial charge in [0.25, 0.3) is 5.91 Å². The third-order valence-electron chi connectivity index (χ3n) is 6.45. The first-order valence-corrected chi connectivity index (χ1v) is 11.5. The Bertz CT molecular complexity index is 1230. The second-order valence-electron chi connectivity index (χ2n) is 8.95. The highest BCUT2D eigenvalue weighted by Crippen LogP contribution is 2.39. The van der Waals surface area contributed by atoms with Crippen LogP contribution in [0.4, 0.5) is 4.39 Å². The van der Waals surface area contributed by atoms with Gasteiger partial charge in [-0.3, -0.25) is 4.79 Å². The van der Waals surface area contributed by atoms with Gasteiger partial charge < -0.3 is 30.2 Å². The maximum Gasteiger partial charge on any atom is 0.255 e. The number of β-amino-alcohol motifs (C(OH)–C–C–N with tert-alkyl or cyclic N) is 1. The van der Waals surface area contributed by atoms with Gasteiger partial charge in [0.2, 0.25) is 0 Å². The molecule has 35 heavy (non-hydrogen) atoms. The van der Waals surface area contributed by atoms with Crippen molar-refractivity contribution >= 4 is 29.3 Å². The van der Waals surface area contributed by atoms with Crippen LogP contribution < -0.4 is 20.1 Å². The molecule has 9 nitrogen and oxygen atoms in total. The van der Waals surface area contributed by atoms with Crippen molar-refractivity contribution in [2.24, 2.45) is 5.92 Å². The predicted octanol–water partition coefficient (Wildman–Crippen LogP) is 2.74. The second-order valence-corrected chi connectivity index (χ2v) is 8.95. The lowest BCUT2D eigenvalue weighted by atomic mass is 10.0. The molecule has 1 aliphatic heterocycles. The van der Waals surface area contributed by atoms with E-state index in [-0.39, 0.29) is 30.1 Å². The molecule has 1 aromatic carbocycles. The van der Waals surface area contributed by atoms with Crippen LogP contribution in [-0.4, -0.2) is 64.9 Å². The lowest BCUT2D eigenvalue weighted by Gasteiger charge is -2.29. The molecule has 0 unspecified atom stereocenters. The van der Waals surface area contributed by atoms with Crippen LogP contribution in [0.15, 0.2) is 18.5 Å². The van der Waals surface area contributed by atoms with Crippen molar-refractivity contribution < 1.29 is 23.8 Å². The molecule has 3 heterocycles. The maximum atomic E-state index is 14.7. The minimum Gasteiger partial charge on any atom is -0.494 e. The van der Waals surface area contributed by atoms with Gasteiger partial charge in [0.1, 0.15) is 23.3 Å². The number of aliphatic hydroxyl groups is 1. The number of carbonyl (C=O) groups excluding carboxylic acids is 1. The van der Waals surface area contributed by atoms with Gasteiger partial charge >= 0.3 is 0 Å². The second kappa shape index (κ2) is 10.3. The molecule has 4 N–H and O–H groups in total. The number of hydrogen-bond donors (Lipinski definition) is 4. The number of aryl methyl sites for hydroxylation is 1. The summed E-state index contributed by atoms with van der Waals surface area (Å²) in [4.78, 5) is 25.1. The summed E-state index contributed by atoms with van der Waals surface area (Å²) in [6.07, 6.45) is 3.55. The van der Waals surface area contributed by atoms with E-state index in [4.69, 9.17) is 9.47 Å². The Labute approximate surface area is 208 Å². The average Bonchev–Trinajstić information content (AvgIpc) is 3.59. The van der Waals surface area contributed by atoms with Crippen molar-refractivity contribution in [1.82, 2.24) is 25.6 Å². The van der Waals surface area contributed by atoms with E-state index in [2.05, 4.69) is 25.6 Å². The van der Waals surface area contributed by atoms with Crippen LogP contribution in [0.3, 0.4) is 0 Å². The summed E-state index contributed by atoms with van der Waals surface area (Å²) in [5.41, 5.74) is 2.80. The number of nitrogens with zero attached hydrogens (tertiary/aromatic N) is 2. The first-order valence-electron chi connectivity index (χ1n) is 11.5. The van der Waals surface area contributed by atoms with Crippen LogP contribution in [0, 0.1) is 18.7 Å². The Morgan fingerprint density at radius 1 is 1.26 bits per heavy atom. The summed E-state index contributed by atoms with van der Waals surface area (Å²) < 4.78 is 25.9. The molecular formula is C24H29ClFN5O4. The Morgan fingerprint density at radius 2 is 2.06 bits per heavy atom. The number of carbonyl (C=O) groups is 1. The van der Waals surface area contributed by atoms with E-state index in [1.807, 2.05) is 0 Å². The minimum absolute atomic E-state index is 0. The SMILES string of the molecule is COc1cc(OCC2CC2)c(-c2ncnc3c(C(=O)N[C@@H]4CCNC[C@@H]4O)c(C)[nH]c23)cc1F.Cl. The fourth-order valence-corrected chi connectivity index (χ4v) is 4.34. The Hall–Kier alpha value is -2.95. The Kier molecular flexibility index (Phi) is 7.44. The van der Waals surface area contributed by atoms with Crippen LogP contribution in [0.5, 0.6) is 11.5 Å². The zero-order chi connectivity index (χ0) is 23.8. The van der Waals surface area contributed by atoms with E-state index in [0.29, 0.717) is 71.3 Å². The molecule has 2 aromatic heterocycles. The zero-order valence-corrected chi connectivity index (χ0v) is 20.4. The number of aromatic amines is 1. The molecule has 2 aliphatic rings. The molecule has 0 bridgehead atoms. The molecule has 0 spiro atoms. The topological polar surface area (TPSA) is 121 Å². The van der Waals surface area contributed by atoms with Gasteiger partial charge in [-0.15, -0.1) is 12.4 Å². The molecule has 1 saturated carbocycles. The number of H-pyrrole nitrogens is 1. The van der Waals surface area contributed by atoms with Crippen LogP contribution in [0.2, 0.25) is 0 Å². The standard InChI is InChI=1S/C24H28FN5O4.ClH/c1-12-20(24(32)30-16-5-6-26-9-17(16)31)22-23(29-12)21(27-11-28-22)14-7-15(25)19(33-2)8-18(14)34-10-13-3-4-13;/h7-8,11,13,16-17,26,29,31H,3-6,9-10H2,1-2H3,(H,30,32);1H/t16-,17+;/m1./s1. The van der Waals surface area contributed by atoms with Crippen molar-refractivity contribution in [3.05, 3.63) is 35.5 Å². The van der Waals surface area contributed by atoms with Crippen LogP contribution in [0.1, 0.15) is 35.3 Å². The fraction of sp³-hybridized carbons (Fsp3) is 0.458. The molecule has 188 valence electrons. The highest BCUT2D eigenvalue weighted by Gasteiger charge is 2.29. The van der Waals surface area contributed by atoms with Crippen molar-refractivity contribution in [3.8, 4) is 22.8 Å². The lowest BCUT2D eigenvalue weighted by Crippen LogP contribution is -2.52. The zero-order valence-electron chi connectivity index (χ0n) is 19.6. The number of aliphatic hydroxyl groups excluding tert-OH is 1. The molecule has 1 aliphatic carbocycles. The van der Waals surface area contributed by atoms with Crippen LogP contribution in [0.25, 0.3) is 22.3 Å². The van der Waals surface area contributed by atoms with Gasteiger partial charge in [-0.1, -0.05) is 0 Å². The number of benzene rings is 1. The van der Waals surface area contributed by atoms with Gasteiger partial charge in [0.05, 0.1) is 36.9 Å². The quantitative estimate of drug-likeness (QED) is 0.389. The number of aromatic nitrogens is 3. The molecule has 3 aromatic rings. The molecule has 0 radical (unpaired) electrons. The normalized spacial score (nSPS) is 19.8. The number of rotatable bonds is 7. The molecule has 2 fully saturated rings. The fourth-order valence-electron chi connectivity index (χ4n) is 4.34. The van der Waals surface area contributed by atoms with E-state index in [0.717, 1.165) is 12.8 Å². The van der Waals surface area contributed by atoms with Gasteiger partial charge in [0.15, 0.2) is 11.6 Å². The number of nitrogens with one attached hydrogen (secondary N) is 3. The lowest BCUT2D eigenvalue weighted by molar-refractivity contribution is 0.0766. The third-order valence-corrected chi connectivity index (χ3v) is 6.45. The monoisotopic (exact) mass is 505 g/mol. The van der Waals surface area contributed by atoms with Gasteiger partial charge in [-0.25, -0.2) is 14.4 Å². The van der Waals surface area contributed by atoms with E-state index in [1.165, 1.54) is 25.6 Å². The molecule has 11 heteroatoms. The number of fused-ring (bicyclic) bond motifs is 1.